The Labute approximate surface area is 261 Å². The van der Waals surface area contributed by atoms with Crippen molar-refractivity contribution in [2.24, 2.45) is 0 Å². The summed E-state index contributed by atoms with van der Waals surface area (Å²) in [6.07, 6.45) is 0. The van der Waals surface area contributed by atoms with Gasteiger partial charge in [0.15, 0.2) is 11.4 Å². The number of hydrogen-bond donors (Lipinski definition) is 0. The van der Waals surface area contributed by atoms with Crippen LogP contribution >= 0.6 is 11.3 Å². The molecule has 0 atom stereocenters. The van der Waals surface area contributed by atoms with Crippen LogP contribution in [-0.2, 0) is 0 Å². The summed E-state index contributed by atoms with van der Waals surface area (Å²) >= 11 is 1.75. The second kappa shape index (κ2) is 9.36. The quantitative estimate of drug-likeness (QED) is 0.205. The molecule has 5 heteroatoms. The van der Waals surface area contributed by atoms with Gasteiger partial charge in [0, 0.05) is 42.9 Å². The van der Waals surface area contributed by atoms with Crippen molar-refractivity contribution in [2.45, 2.75) is 0 Å². The molecule has 0 spiro atoms. The Hall–Kier alpha value is -5.78. The molecule has 0 saturated carbocycles. The van der Waals surface area contributed by atoms with Gasteiger partial charge in [-0.3, -0.25) is 0 Å². The van der Waals surface area contributed by atoms with Crippen LogP contribution in [0.5, 0.6) is 0 Å². The Balaban J connectivity index is 1.31. The second-order valence-corrected chi connectivity index (χ2v) is 12.4. The molecule has 0 aliphatic carbocycles. The molecule has 0 amide bonds. The van der Waals surface area contributed by atoms with Crippen molar-refractivity contribution in [1.82, 2.24) is 14.5 Å². The number of thiophene rings is 1. The lowest BCUT2D eigenvalue weighted by Gasteiger charge is -2.08. The summed E-state index contributed by atoms with van der Waals surface area (Å²) in [5, 5.41) is 5.63. The third-order valence-corrected chi connectivity index (χ3v) is 9.99. The molecular weight excluding hydrogens is 571 g/mol. The normalized spacial score (nSPS) is 12.0. The van der Waals surface area contributed by atoms with Gasteiger partial charge in [0.05, 0.1) is 32.5 Å². The molecular formula is C40H23N3OS. The molecule has 210 valence electrons. The van der Waals surface area contributed by atoms with Crippen molar-refractivity contribution < 1.29 is 4.42 Å². The SMILES string of the molecule is c1ccc(-c2nc(-c3cccc4c3oc3c4ccc4c5ccccc5n(-c5ccccc5)c43)nc3c2sc2ccccc23)cc1. The number of aromatic nitrogens is 3. The second-order valence-electron chi connectivity index (χ2n) is 11.3. The molecule has 10 rings (SSSR count). The first kappa shape index (κ1) is 24.6. The number of fused-ring (bicyclic) bond motifs is 10. The first-order valence-corrected chi connectivity index (χ1v) is 15.8. The van der Waals surface area contributed by atoms with Crippen molar-refractivity contribution in [2.75, 3.05) is 0 Å². The van der Waals surface area contributed by atoms with Gasteiger partial charge in [-0.05, 0) is 36.4 Å². The monoisotopic (exact) mass is 593 g/mol. The van der Waals surface area contributed by atoms with Crippen LogP contribution in [0.15, 0.2) is 144 Å². The van der Waals surface area contributed by atoms with Crippen molar-refractivity contribution >= 4 is 75.4 Å². The predicted octanol–water partition coefficient (Wildman–Crippen LogP) is 11.2. The van der Waals surface area contributed by atoms with Gasteiger partial charge in [-0.25, -0.2) is 9.97 Å². The van der Waals surface area contributed by atoms with Crippen LogP contribution in [-0.4, -0.2) is 14.5 Å². The number of rotatable bonds is 3. The summed E-state index contributed by atoms with van der Waals surface area (Å²) in [5.74, 6) is 0.661. The smallest absolute Gasteiger partial charge is 0.164 e. The van der Waals surface area contributed by atoms with Crippen LogP contribution in [0.25, 0.3) is 92.4 Å². The molecule has 45 heavy (non-hydrogen) atoms. The molecule has 10 aromatic rings. The zero-order chi connectivity index (χ0) is 29.5. The lowest BCUT2D eigenvalue weighted by atomic mass is 10.1. The standard InChI is InChI=1S/C40H23N3OS/c1-3-12-24(13-4-1)34-39-35(30-17-8-10-21-33(30)45-39)42-40(41-34)31-19-11-18-28-29-23-22-27-26-16-7-9-20-32(26)43(25-14-5-2-6-15-25)36(27)38(29)44-37(28)31/h1-23H. The van der Waals surface area contributed by atoms with Gasteiger partial charge < -0.3 is 8.98 Å². The molecule has 0 radical (unpaired) electrons. The molecule has 4 heterocycles. The Kier molecular flexibility index (Phi) is 5.12. The Morgan fingerprint density at radius 3 is 2.09 bits per heavy atom. The highest BCUT2D eigenvalue weighted by Gasteiger charge is 2.22. The minimum Gasteiger partial charge on any atom is -0.453 e. The van der Waals surface area contributed by atoms with Crippen LogP contribution in [0.3, 0.4) is 0 Å². The van der Waals surface area contributed by atoms with E-state index in [-0.39, 0.29) is 0 Å². The van der Waals surface area contributed by atoms with E-state index < -0.39 is 0 Å². The third kappa shape index (κ3) is 3.53. The van der Waals surface area contributed by atoms with E-state index in [9.17, 15) is 0 Å². The van der Waals surface area contributed by atoms with Gasteiger partial charge >= 0.3 is 0 Å². The summed E-state index contributed by atoms with van der Waals surface area (Å²) in [6.45, 7) is 0. The maximum Gasteiger partial charge on any atom is 0.164 e. The number of benzene rings is 6. The summed E-state index contributed by atoms with van der Waals surface area (Å²) < 4.78 is 11.6. The zero-order valence-electron chi connectivity index (χ0n) is 23.9. The summed E-state index contributed by atoms with van der Waals surface area (Å²) in [4.78, 5) is 10.5. The Morgan fingerprint density at radius 2 is 1.22 bits per heavy atom. The molecule has 0 bridgehead atoms. The third-order valence-electron chi connectivity index (χ3n) is 8.82. The van der Waals surface area contributed by atoms with E-state index in [1.165, 1.54) is 10.1 Å². The van der Waals surface area contributed by atoms with Gasteiger partial charge in [-0.2, -0.15) is 0 Å². The van der Waals surface area contributed by atoms with Crippen LogP contribution in [0.1, 0.15) is 0 Å². The molecule has 0 aliphatic rings. The fraction of sp³-hybridized carbons (Fsp3) is 0. The molecule has 0 unspecified atom stereocenters. The molecule has 4 aromatic heterocycles. The van der Waals surface area contributed by atoms with Gasteiger partial charge in [0.2, 0.25) is 0 Å². The van der Waals surface area contributed by atoms with E-state index in [2.05, 4.69) is 138 Å². The number of para-hydroxylation sites is 3. The first-order valence-electron chi connectivity index (χ1n) is 15.0. The molecule has 0 N–H and O–H groups in total. The molecule has 6 aromatic carbocycles. The molecule has 4 nitrogen and oxygen atoms in total. The van der Waals surface area contributed by atoms with Crippen LogP contribution < -0.4 is 0 Å². The molecule has 0 fully saturated rings. The highest BCUT2D eigenvalue weighted by Crippen LogP contribution is 2.44. The van der Waals surface area contributed by atoms with E-state index in [1.807, 2.05) is 6.07 Å². The maximum atomic E-state index is 6.97. The average molecular weight is 594 g/mol. The average Bonchev–Trinajstić information content (AvgIpc) is 3.78. The Morgan fingerprint density at radius 1 is 0.533 bits per heavy atom. The van der Waals surface area contributed by atoms with Crippen LogP contribution in [0.4, 0.5) is 0 Å². The Bertz CT molecular complexity index is 2760. The van der Waals surface area contributed by atoms with E-state index in [0.717, 1.165) is 76.5 Å². The molecule has 0 saturated heterocycles. The van der Waals surface area contributed by atoms with E-state index in [4.69, 9.17) is 14.4 Å². The van der Waals surface area contributed by atoms with Crippen LogP contribution in [0, 0.1) is 0 Å². The van der Waals surface area contributed by atoms with Crippen molar-refractivity contribution in [3.8, 4) is 28.3 Å². The molecule has 0 aliphatic heterocycles. The van der Waals surface area contributed by atoms with Gasteiger partial charge in [-0.1, -0.05) is 103 Å². The van der Waals surface area contributed by atoms with E-state index in [1.54, 1.807) is 11.3 Å². The van der Waals surface area contributed by atoms with Gasteiger partial charge in [0.25, 0.3) is 0 Å². The number of furan rings is 1. The highest BCUT2D eigenvalue weighted by molar-refractivity contribution is 7.26. The lowest BCUT2D eigenvalue weighted by molar-refractivity contribution is 0.671. The van der Waals surface area contributed by atoms with E-state index >= 15 is 0 Å². The lowest BCUT2D eigenvalue weighted by Crippen LogP contribution is -1.93. The highest BCUT2D eigenvalue weighted by atomic mass is 32.1. The van der Waals surface area contributed by atoms with Crippen molar-refractivity contribution in [3.05, 3.63) is 140 Å². The van der Waals surface area contributed by atoms with E-state index in [0.29, 0.717) is 5.82 Å². The number of nitrogens with zero attached hydrogens (tertiary/aromatic N) is 3. The fourth-order valence-corrected chi connectivity index (χ4v) is 7.98. The zero-order valence-corrected chi connectivity index (χ0v) is 24.8. The number of hydrogen-bond acceptors (Lipinski definition) is 4. The van der Waals surface area contributed by atoms with Crippen molar-refractivity contribution in [3.63, 3.8) is 0 Å². The summed E-state index contributed by atoms with van der Waals surface area (Å²) in [6, 6.07) is 48.7. The summed E-state index contributed by atoms with van der Waals surface area (Å²) in [5.41, 5.74) is 8.84. The topological polar surface area (TPSA) is 43.9 Å². The summed E-state index contributed by atoms with van der Waals surface area (Å²) in [7, 11) is 0. The largest absolute Gasteiger partial charge is 0.453 e. The fourth-order valence-electron chi connectivity index (χ4n) is 6.83. The minimum absolute atomic E-state index is 0.661. The minimum atomic E-state index is 0.661. The van der Waals surface area contributed by atoms with Gasteiger partial charge in [0.1, 0.15) is 5.58 Å². The van der Waals surface area contributed by atoms with Crippen LogP contribution in [0.2, 0.25) is 0 Å². The predicted molar refractivity (Wildman–Crippen MR) is 187 cm³/mol. The first-order chi connectivity index (χ1) is 22.3. The van der Waals surface area contributed by atoms with Gasteiger partial charge in [-0.15, -0.1) is 11.3 Å². The maximum absolute atomic E-state index is 6.97. The van der Waals surface area contributed by atoms with Crippen molar-refractivity contribution in [1.29, 1.82) is 0 Å².